The molecule has 0 unspecified atom stereocenters. The molecule has 0 amide bonds. The molecule has 0 spiro atoms. The van der Waals surface area contributed by atoms with Gasteiger partial charge in [0.1, 0.15) is 11.2 Å². The molecule has 0 atom stereocenters. The van der Waals surface area contributed by atoms with E-state index >= 15 is 0 Å². The highest BCUT2D eigenvalue weighted by Crippen LogP contribution is 2.56. The van der Waals surface area contributed by atoms with Crippen LogP contribution in [0.15, 0.2) is 144 Å². The van der Waals surface area contributed by atoms with Gasteiger partial charge in [-0.05, 0) is 84.8 Å². The molecule has 0 aliphatic heterocycles. The summed E-state index contributed by atoms with van der Waals surface area (Å²) in [6, 6.07) is 46.2. The molecule has 0 bridgehead atoms. The fourth-order valence-corrected chi connectivity index (χ4v) is 7.33. The molecule has 9 aromatic rings. The van der Waals surface area contributed by atoms with Crippen LogP contribution in [-0.4, -0.2) is 25.5 Å². The molecular formula is C44H28O6. The van der Waals surface area contributed by atoms with E-state index < -0.39 is 28.7 Å². The van der Waals surface area contributed by atoms with Crippen molar-refractivity contribution in [3.05, 3.63) is 140 Å². The van der Waals surface area contributed by atoms with Crippen molar-refractivity contribution in [2.45, 2.75) is 0 Å². The minimum atomic E-state index is -1.00. The molecule has 50 heavy (non-hydrogen) atoms. The summed E-state index contributed by atoms with van der Waals surface area (Å²) in [5, 5.41) is 58.8. The molecular weight excluding hydrogens is 624 g/mol. The van der Waals surface area contributed by atoms with E-state index in [-0.39, 0.29) is 5.56 Å². The SMILES string of the molecule is Oc1c(O)c(O)c(-c2ccc3c(-c4ccccc4)c4ccccc4c(-c4cc5c(cc4-c4ccccc4)oc4ccccc45)c3c2)c(O)c1O. The maximum Gasteiger partial charge on any atom is 0.208 e. The lowest BCUT2D eigenvalue weighted by Crippen LogP contribution is -1.94. The van der Waals surface area contributed by atoms with E-state index in [4.69, 9.17) is 4.42 Å². The van der Waals surface area contributed by atoms with E-state index in [1.807, 2.05) is 78.9 Å². The van der Waals surface area contributed by atoms with Crippen LogP contribution < -0.4 is 0 Å². The number of hydrogen-bond donors (Lipinski definition) is 5. The highest BCUT2D eigenvalue weighted by Gasteiger charge is 2.26. The third kappa shape index (κ3) is 4.29. The summed E-state index contributed by atoms with van der Waals surface area (Å²) in [5.74, 6) is -4.36. The Kier molecular flexibility index (Phi) is 6.48. The van der Waals surface area contributed by atoms with E-state index in [1.54, 1.807) is 6.07 Å². The quantitative estimate of drug-likeness (QED) is 0.0734. The number of phenolic OH excluding ortho intramolecular Hbond substituents is 5. The Morgan fingerprint density at radius 3 is 1.52 bits per heavy atom. The predicted octanol–water partition coefficient (Wildman–Crippen LogP) is 11.1. The first-order valence-electron chi connectivity index (χ1n) is 16.1. The Morgan fingerprint density at radius 1 is 0.300 bits per heavy atom. The first-order chi connectivity index (χ1) is 24.4. The molecule has 0 aliphatic rings. The molecule has 0 aliphatic carbocycles. The first-order valence-corrected chi connectivity index (χ1v) is 16.1. The largest absolute Gasteiger partial charge is 0.504 e. The molecule has 0 radical (unpaired) electrons. The van der Waals surface area contributed by atoms with Crippen LogP contribution >= 0.6 is 0 Å². The van der Waals surface area contributed by atoms with Gasteiger partial charge in [-0.15, -0.1) is 0 Å². The summed E-state index contributed by atoms with van der Waals surface area (Å²) < 4.78 is 6.37. The van der Waals surface area contributed by atoms with Crippen LogP contribution in [0.3, 0.4) is 0 Å². The number of rotatable bonds is 4. The monoisotopic (exact) mass is 652 g/mol. The number of hydrogen-bond acceptors (Lipinski definition) is 6. The van der Waals surface area contributed by atoms with Gasteiger partial charge in [0.2, 0.25) is 17.2 Å². The maximum absolute atomic E-state index is 11.0. The molecule has 6 nitrogen and oxygen atoms in total. The Hall–Kier alpha value is -6.92. The number of para-hydroxylation sites is 1. The normalized spacial score (nSPS) is 11.6. The number of aromatic hydroxyl groups is 5. The van der Waals surface area contributed by atoms with Crippen molar-refractivity contribution in [3.8, 4) is 73.3 Å². The average Bonchev–Trinajstić information content (AvgIpc) is 3.53. The fourth-order valence-electron chi connectivity index (χ4n) is 7.33. The van der Waals surface area contributed by atoms with Gasteiger partial charge in [0.25, 0.3) is 0 Å². The number of phenols is 5. The van der Waals surface area contributed by atoms with Crippen molar-refractivity contribution in [1.29, 1.82) is 0 Å². The summed E-state index contributed by atoms with van der Waals surface area (Å²) in [7, 11) is 0. The van der Waals surface area contributed by atoms with E-state index in [9.17, 15) is 25.5 Å². The predicted molar refractivity (Wildman–Crippen MR) is 199 cm³/mol. The van der Waals surface area contributed by atoms with E-state index in [0.29, 0.717) is 5.56 Å². The van der Waals surface area contributed by atoms with Gasteiger partial charge in [-0.25, -0.2) is 0 Å². The zero-order valence-corrected chi connectivity index (χ0v) is 26.4. The molecule has 0 fully saturated rings. The second kappa shape index (κ2) is 11.1. The lowest BCUT2D eigenvalue weighted by Gasteiger charge is -2.21. The van der Waals surface area contributed by atoms with E-state index in [2.05, 4.69) is 54.6 Å². The van der Waals surface area contributed by atoms with Crippen LogP contribution in [-0.2, 0) is 0 Å². The Bertz CT molecular complexity index is 2770. The fraction of sp³-hybridized carbons (Fsp3) is 0. The highest BCUT2D eigenvalue weighted by molar-refractivity contribution is 6.24. The lowest BCUT2D eigenvalue weighted by atomic mass is 9.82. The lowest BCUT2D eigenvalue weighted by molar-refractivity contribution is 0.330. The highest BCUT2D eigenvalue weighted by atomic mass is 16.4. The van der Waals surface area contributed by atoms with Gasteiger partial charge >= 0.3 is 0 Å². The van der Waals surface area contributed by atoms with Crippen LogP contribution in [0.25, 0.3) is 88.0 Å². The smallest absolute Gasteiger partial charge is 0.208 e. The van der Waals surface area contributed by atoms with Gasteiger partial charge in [-0.1, -0.05) is 115 Å². The molecule has 6 heteroatoms. The van der Waals surface area contributed by atoms with Crippen LogP contribution in [0.1, 0.15) is 0 Å². The van der Waals surface area contributed by atoms with Crippen molar-refractivity contribution in [1.82, 2.24) is 0 Å². The zero-order chi connectivity index (χ0) is 34.1. The first kappa shape index (κ1) is 29.2. The van der Waals surface area contributed by atoms with Gasteiger partial charge in [-0.2, -0.15) is 0 Å². The Morgan fingerprint density at radius 2 is 0.840 bits per heavy atom. The van der Waals surface area contributed by atoms with Gasteiger partial charge in [-0.3, -0.25) is 0 Å². The van der Waals surface area contributed by atoms with E-state index in [1.165, 1.54) is 0 Å². The molecule has 9 rings (SSSR count). The molecule has 240 valence electrons. The minimum Gasteiger partial charge on any atom is -0.504 e. The van der Waals surface area contributed by atoms with E-state index in [0.717, 1.165) is 76.9 Å². The topological polar surface area (TPSA) is 114 Å². The second-order valence-corrected chi connectivity index (χ2v) is 12.4. The van der Waals surface area contributed by atoms with Gasteiger partial charge in [0.05, 0.1) is 5.56 Å². The summed E-state index contributed by atoms with van der Waals surface area (Å²) in [6.45, 7) is 0. The second-order valence-electron chi connectivity index (χ2n) is 12.4. The minimum absolute atomic E-state index is 0.209. The molecule has 1 heterocycles. The zero-order valence-electron chi connectivity index (χ0n) is 26.4. The van der Waals surface area contributed by atoms with Crippen molar-refractivity contribution in [2.75, 3.05) is 0 Å². The van der Waals surface area contributed by atoms with Crippen molar-refractivity contribution >= 4 is 43.5 Å². The van der Waals surface area contributed by atoms with Gasteiger partial charge in [0, 0.05) is 10.8 Å². The number of fused-ring (bicyclic) bond motifs is 5. The van der Waals surface area contributed by atoms with Crippen molar-refractivity contribution in [2.24, 2.45) is 0 Å². The molecule has 8 aromatic carbocycles. The molecule has 0 saturated heterocycles. The molecule has 5 N–H and O–H groups in total. The third-order valence-corrected chi connectivity index (χ3v) is 9.62. The van der Waals surface area contributed by atoms with Crippen LogP contribution in [0, 0.1) is 0 Å². The Labute approximate surface area is 285 Å². The van der Waals surface area contributed by atoms with Gasteiger partial charge in [0.15, 0.2) is 11.5 Å². The number of benzene rings is 8. The van der Waals surface area contributed by atoms with Gasteiger partial charge < -0.3 is 29.9 Å². The molecule has 1 aromatic heterocycles. The van der Waals surface area contributed by atoms with Crippen LogP contribution in [0.4, 0.5) is 0 Å². The summed E-state index contributed by atoms with van der Waals surface area (Å²) >= 11 is 0. The van der Waals surface area contributed by atoms with Crippen molar-refractivity contribution in [3.63, 3.8) is 0 Å². The third-order valence-electron chi connectivity index (χ3n) is 9.62. The summed E-state index contributed by atoms with van der Waals surface area (Å²) in [6.07, 6.45) is 0. The van der Waals surface area contributed by atoms with Crippen LogP contribution in [0.2, 0.25) is 0 Å². The maximum atomic E-state index is 11.0. The van der Waals surface area contributed by atoms with Crippen molar-refractivity contribution < 1.29 is 29.9 Å². The molecule has 0 saturated carbocycles. The summed E-state index contributed by atoms with van der Waals surface area (Å²) in [4.78, 5) is 0. The number of furan rings is 1. The standard InChI is InChI=1S/C44H28O6/c45-40-38(41(46)43(48)44(49)42(40)47)26-19-20-30-33(21-26)39(29-17-8-7-16-28(29)37(30)25-13-5-2-6-14-25)34-22-32-27-15-9-10-18-35(27)50-36(32)23-31(34)24-11-3-1-4-12-24/h1-23,45-49H. The van der Waals surface area contributed by atoms with Crippen LogP contribution in [0.5, 0.6) is 28.7 Å². The Balaban J connectivity index is 1.49. The summed E-state index contributed by atoms with van der Waals surface area (Å²) in [5.41, 5.74) is 7.48. The average molecular weight is 653 g/mol.